The molecule has 0 bridgehead atoms. The molecule has 0 heterocycles. The van der Waals surface area contributed by atoms with Crippen molar-refractivity contribution in [3.05, 3.63) is 24.3 Å². The van der Waals surface area contributed by atoms with Crippen LogP contribution in [0.5, 0.6) is 5.75 Å². The predicted molar refractivity (Wildman–Crippen MR) is 67.2 cm³/mol. The normalized spacial score (nSPS) is 10.5. The third kappa shape index (κ3) is 5.03. The summed E-state index contributed by atoms with van der Waals surface area (Å²) in [6.45, 7) is 8.28. The molecule has 0 atom stereocenters. The molecule has 0 saturated carbocycles. The summed E-state index contributed by atoms with van der Waals surface area (Å²) in [6.07, 6.45) is 0.288. The van der Waals surface area contributed by atoms with Crippen LogP contribution in [0.15, 0.2) is 24.3 Å². The molecule has 0 aliphatic heterocycles. The maximum Gasteiger partial charge on any atom is 0.121 e. The van der Waals surface area contributed by atoms with Gasteiger partial charge in [0.15, 0.2) is 0 Å². The van der Waals surface area contributed by atoms with Gasteiger partial charge in [-0.25, -0.2) is 0 Å². The summed E-state index contributed by atoms with van der Waals surface area (Å²) in [6, 6.07) is 7.96. The van der Waals surface area contributed by atoms with Crippen molar-refractivity contribution in [2.75, 3.05) is 25.1 Å². The molecule has 90 valence electrons. The fourth-order valence-corrected chi connectivity index (χ4v) is 1.35. The van der Waals surface area contributed by atoms with Crippen LogP contribution in [0.1, 0.15) is 20.8 Å². The molecule has 0 saturated heterocycles. The van der Waals surface area contributed by atoms with E-state index >= 15 is 0 Å². The minimum atomic E-state index is 0.288. The number of hydrogen-bond donors (Lipinski definition) is 1. The van der Waals surface area contributed by atoms with E-state index in [-0.39, 0.29) is 6.10 Å². The van der Waals surface area contributed by atoms with Crippen LogP contribution < -0.4 is 10.1 Å². The molecule has 0 fully saturated rings. The topological polar surface area (TPSA) is 30.5 Å². The third-order valence-electron chi connectivity index (χ3n) is 2.03. The monoisotopic (exact) mass is 223 g/mol. The molecule has 0 unspecified atom stereocenters. The zero-order valence-corrected chi connectivity index (χ0v) is 10.3. The SMILES string of the molecule is CCOc1cccc(NCCOC(C)C)c1. The van der Waals surface area contributed by atoms with Crippen LogP contribution in [0.2, 0.25) is 0 Å². The molecular weight excluding hydrogens is 202 g/mol. The van der Waals surface area contributed by atoms with Crippen molar-refractivity contribution in [3.8, 4) is 5.75 Å². The van der Waals surface area contributed by atoms with E-state index in [0.29, 0.717) is 6.61 Å². The number of benzene rings is 1. The zero-order chi connectivity index (χ0) is 11.8. The Bertz CT molecular complexity index is 300. The molecule has 0 aliphatic carbocycles. The first kappa shape index (κ1) is 12.8. The second-order valence-electron chi connectivity index (χ2n) is 3.81. The lowest BCUT2D eigenvalue weighted by Gasteiger charge is -2.10. The molecule has 16 heavy (non-hydrogen) atoms. The number of ether oxygens (including phenoxy) is 2. The van der Waals surface area contributed by atoms with Crippen LogP contribution >= 0.6 is 0 Å². The lowest BCUT2D eigenvalue weighted by Crippen LogP contribution is -2.13. The molecule has 0 amide bonds. The first-order chi connectivity index (χ1) is 7.72. The van der Waals surface area contributed by atoms with Gasteiger partial charge in [-0.15, -0.1) is 0 Å². The highest BCUT2D eigenvalue weighted by atomic mass is 16.5. The molecule has 0 radical (unpaired) electrons. The second-order valence-corrected chi connectivity index (χ2v) is 3.81. The van der Waals surface area contributed by atoms with Crippen LogP contribution in [-0.4, -0.2) is 25.9 Å². The lowest BCUT2D eigenvalue weighted by molar-refractivity contribution is 0.0870. The smallest absolute Gasteiger partial charge is 0.121 e. The Morgan fingerprint density at radius 1 is 1.31 bits per heavy atom. The molecule has 1 aromatic rings. The summed E-state index contributed by atoms with van der Waals surface area (Å²) < 4.78 is 10.9. The van der Waals surface area contributed by atoms with Crippen LogP contribution in [0, 0.1) is 0 Å². The van der Waals surface area contributed by atoms with Crippen molar-refractivity contribution >= 4 is 5.69 Å². The zero-order valence-electron chi connectivity index (χ0n) is 10.3. The molecule has 0 aromatic heterocycles. The highest BCUT2D eigenvalue weighted by molar-refractivity contribution is 5.48. The van der Waals surface area contributed by atoms with Gasteiger partial charge in [-0.3, -0.25) is 0 Å². The molecule has 1 N–H and O–H groups in total. The van der Waals surface area contributed by atoms with Gasteiger partial charge in [-0.05, 0) is 32.9 Å². The van der Waals surface area contributed by atoms with Crippen LogP contribution in [0.4, 0.5) is 5.69 Å². The Kier molecular flexibility index (Phi) is 5.72. The van der Waals surface area contributed by atoms with Crippen molar-refractivity contribution < 1.29 is 9.47 Å². The van der Waals surface area contributed by atoms with E-state index in [4.69, 9.17) is 9.47 Å². The Labute approximate surface area is 97.8 Å². The van der Waals surface area contributed by atoms with Crippen molar-refractivity contribution in [1.82, 2.24) is 0 Å². The van der Waals surface area contributed by atoms with Gasteiger partial charge in [0.05, 0.1) is 19.3 Å². The number of hydrogen-bond acceptors (Lipinski definition) is 3. The fraction of sp³-hybridized carbons (Fsp3) is 0.538. The van der Waals surface area contributed by atoms with E-state index in [1.165, 1.54) is 0 Å². The van der Waals surface area contributed by atoms with Gasteiger partial charge < -0.3 is 14.8 Å². The molecule has 3 heteroatoms. The Morgan fingerprint density at radius 2 is 2.12 bits per heavy atom. The highest BCUT2D eigenvalue weighted by Crippen LogP contribution is 2.16. The summed E-state index contributed by atoms with van der Waals surface area (Å²) in [5, 5.41) is 3.29. The van der Waals surface area contributed by atoms with Gasteiger partial charge >= 0.3 is 0 Å². The molecule has 0 spiro atoms. The van der Waals surface area contributed by atoms with E-state index in [2.05, 4.69) is 5.32 Å². The number of anilines is 1. The third-order valence-corrected chi connectivity index (χ3v) is 2.03. The second kappa shape index (κ2) is 7.12. The first-order valence-corrected chi connectivity index (χ1v) is 5.80. The van der Waals surface area contributed by atoms with Gasteiger partial charge in [-0.2, -0.15) is 0 Å². The lowest BCUT2D eigenvalue weighted by atomic mass is 10.3. The Balaban J connectivity index is 2.33. The maximum atomic E-state index is 5.45. The van der Waals surface area contributed by atoms with E-state index in [9.17, 15) is 0 Å². The van der Waals surface area contributed by atoms with Crippen LogP contribution in [-0.2, 0) is 4.74 Å². The standard InChI is InChI=1S/C13H21NO2/c1-4-15-13-7-5-6-12(10-13)14-8-9-16-11(2)3/h5-7,10-11,14H,4,8-9H2,1-3H3. The van der Waals surface area contributed by atoms with Crippen molar-refractivity contribution in [1.29, 1.82) is 0 Å². The molecule has 1 rings (SSSR count). The quantitative estimate of drug-likeness (QED) is 0.721. The summed E-state index contributed by atoms with van der Waals surface area (Å²) >= 11 is 0. The van der Waals surface area contributed by atoms with Crippen molar-refractivity contribution in [2.45, 2.75) is 26.9 Å². The molecule has 0 aliphatic rings. The minimum Gasteiger partial charge on any atom is -0.494 e. The average molecular weight is 223 g/mol. The van der Waals surface area contributed by atoms with E-state index < -0.39 is 0 Å². The van der Waals surface area contributed by atoms with Gasteiger partial charge in [-0.1, -0.05) is 6.07 Å². The minimum absolute atomic E-state index is 0.288. The molecule has 1 aromatic carbocycles. The first-order valence-electron chi connectivity index (χ1n) is 5.80. The Morgan fingerprint density at radius 3 is 2.81 bits per heavy atom. The van der Waals surface area contributed by atoms with Crippen molar-refractivity contribution in [2.24, 2.45) is 0 Å². The van der Waals surface area contributed by atoms with Crippen LogP contribution in [0.25, 0.3) is 0 Å². The van der Waals surface area contributed by atoms with E-state index in [1.54, 1.807) is 0 Å². The van der Waals surface area contributed by atoms with Gasteiger partial charge in [0.2, 0.25) is 0 Å². The van der Waals surface area contributed by atoms with Gasteiger partial charge in [0.1, 0.15) is 5.75 Å². The van der Waals surface area contributed by atoms with E-state index in [1.807, 2.05) is 45.0 Å². The summed E-state index contributed by atoms with van der Waals surface area (Å²) in [5.74, 6) is 0.900. The predicted octanol–water partition coefficient (Wildman–Crippen LogP) is 2.92. The number of nitrogens with one attached hydrogen (secondary N) is 1. The van der Waals surface area contributed by atoms with E-state index in [0.717, 1.165) is 24.6 Å². The maximum absolute atomic E-state index is 5.45. The van der Waals surface area contributed by atoms with Crippen molar-refractivity contribution in [3.63, 3.8) is 0 Å². The molecule has 3 nitrogen and oxygen atoms in total. The summed E-state index contributed by atoms with van der Waals surface area (Å²) in [7, 11) is 0. The van der Waals surface area contributed by atoms with Crippen LogP contribution in [0.3, 0.4) is 0 Å². The summed E-state index contributed by atoms with van der Waals surface area (Å²) in [5.41, 5.74) is 1.07. The average Bonchev–Trinajstić information content (AvgIpc) is 2.25. The highest BCUT2D eigenvalue weighted by Gasteiger charge is 1.96. The number of rotatable bonds is 7. The Hall–Kier alpha value is -1.22. The van der Waals surface area contributed by atoms with Gasteiger partial charge in [0.25, 0.3) is 0 Å². The molecular formula is C13H21NO2. The summed E-state index contributed by atoms with van der Waals surface area (Å²) in [4.78, 5) is 0. The van der Waals surface area contributed by atoms with Gasteiger partial charge in [0, 0.05) is 18.3 Å². The largest absolute Gasteiger partial charge is 0.494 e. The fourth-order valence-electron chi connectivity index (χ4n) is 1.35.